The molecule has 0 aromatic heterocycles. The van der Waals surface area contributed by atoms with Gasteiger partial charge in [0.05, 0.1) is 13.7 Å². The minimum absolute atomic E-state index is 0.152. The third-order valence-electron chi connectivity index (χ3n) is 3.49. The van der Waals surface area contributed by atoms with Crippen molar-refractivity contribution in [1.29, 1.82) is 0 Å². The predicted octanol–water partition coefficient (Wildman–Crippen LogP) is -1.64. The topological polar surface area (TPSA) is 146 Å². The summed E-state index contributed by atoms with van der Waals surface area (Å²) in [5.74, 6) is -1.43. The lowest BCUT2D eigenvalue weighted by Crippen LogP contribution is -2.60. The Hall–Kier alpha value is -1.91. The average Bonchev–Trinajstić information content (AvgIpc) is 2.54. The Morgan fingerprint density at radius 1 is 1.22 bits per heavy atom. The van der Waals surface area contributed by atoms with E-state index in [-0.39, 0.29) is 11.3 Å². The molecule has 1 aromatic carbocycles. The van der Waals surface area contributed by atoms with Crippen molar-refractivity contribution >= 4 is 5.97 Å². The Balaban J connectivity index is 2.28. The zero-order valence-electron chi connectivity index (χ0n) is 12.2. The van der Waals surface area contributed by atoms with Gasteiger partial charge in [-0.1, -0.05) is 6.07 Å². The SMILES string of the molecule is COC(=O)c1c(O)cccc1OC1OC(CO)C(O)C(O)C1O. The summed E-state index contributed by atoms with van der Waals surface area (Å²) >= 11 is 0. The fraction of sp³-hybridized carbons (Fsp3) is 0.500. The lowest BCUT2D eigenvalue weighted by atomic mass is 9.99. The van der Waals surface area contributed by atoms with E-state index in [0.29, 0.717) is 0 Å². The molecule has 5 N–H and O–H groups in total. The number of carbonyl (C=O) groups excluding carboxylic acids is 1. The van der Waals surface area contributed by atoms with E-state index in [9.17, 15) is 25.2 Å². The first kappa shape index (κ1) is 17.4. The fourth-order valence-electron chi connectivity index (χ4n) is 2.21. The average molecular weight is 330 g/mol. The molecule has 128 valence electrons. The molecule has 1 aromatic rings. The normalized spacial score (nSPS) is 30.7. The molecule has 5 atom stereocenters. The van der Waals surface area contributed by atoms with E-state index in [0.717, 1.165) is 7.11 Å². The third kappa shape index (κ3) is 3.38. The summed E-state index contributed by atoms with van der Waals surface area (Å²) < 4.78 is 15.1. The van der Waals surface area contributed by atoms with Crippen LogP contribution < -0.4 is 4.74 Å². The summed E-state index contributed by atoms with van der Waals surface area (Å²) in [6.07, 6.45) is -7.42. The van der Waals surface area contributed by atoms with Crippen molar-refractivity contribution < 1.29 is 44.5 Å². The molecule has 1 saturated heterocycles. The van der Waals surface area contributed by atoms with E-state index in [2.05, 4.69) is 4.74 Å². The Bertz CT molecular complexity index is 559. The van der Waals surface area contributed by atoms with Crippen molar-refractivity contribution in [3.8, 4) is 11.5 Å². The Labute approximate surface area is 131 Å². The van der Waals surface area contributed by atoms with Gasteiger partial charge in [-0.2, -0.15) is 0 Å². The molecule has 0 amide bonds. The number of ether oxygens (including phenoxy) is 3. The smallest absolute Gasteiger partial charge is 0.345 e. The molecular formula is C14H18O9. The maximum Gasteiger partial charge on any atom is 0.345 e. The van der Waals surface area contributed by atoms with Crippen molar-refractivity contribution in [2.75, 3.05) is 13.7 Å². The van der Waals surface area contributed by atoms with Gasteiger partial charge in [0.1, 0.15) is 41.5 Å². The van der Waals surface area contributed by atoms with E-state index >= 15 is 0 Å². The molecule has 1 fully saturated rings. The summed E-state index contributed by atoms with van der Waals surface area (Å²) in [5, 5.41) is 48.2. The van der Waals surface area contributed by atoms with Crippen LogP contribution >= 0.6 is 0 Å². The molecule has 0 radical (unpaired) electrons. The molecule has 0 spiro atoms. The first-order valence-electron chi connectivity index (χ1n) is 6.78. The van der Waals surface area contributed by atoms with Gasteiger partial charge >= 0.3 is 5.97 Å². The number of methoxy groups -OCH3 is 1. The van der Waals surface area contributed by atoms with Crippen LogP contribution in [0.25, 0.3) is 0 Å². The van der Waals surface area contributed by atoms with Crippen molar-refractivity contribution in [3.63, 3.8) is 0 Å². The molecule has 0 aliphatic carbocycles. The van der Waals surface area contributed by atoms with Gasteiger partial charge in [0.25, 0.3) is 0 Å². The highest BCUT2D eigenvalue weighted by Crippen LogP contribution is 2.31. The number of aliphatic hydroxyl groups is 4. The van der Waals surface area contributed by atoms with E-state index in [1.807, 2.05) is 0 Å². The van der Waals surface area contributed by atoms with Gasteiger partial charge in [-0.25, -0.2) is 4.79 Å². The zero-order valence-corrected chi connectivity index (χ0v) is 12.2. The molecule has 0 bridgehead atoms. The fourth-order valence-corrected chi connectivity index (χ4v) is 2.21. The van der Waals surface area contributed by atoms with Gasteiger partial charge in [-0.3, -0.25) is 0 Å². The Kier molecular flexibility index (Phi) is 5.39. The van der Waals surface area contributed by atoms with Crippen LogP contribution in [0.3, 0.4) is 0 Å². The molecule has 2 rings (SSSR count). The first-order chi connectivity index (χ1) is 10.9. The van der Waals surface area contributed by atoms with Crippen LogP contribution in [0.5, 0.6) is 11.5 Å². The second-order valence-corrected chi connectivity index (χ2v) is 4.96. The van der Waals surface area contributed by atoms with Gasteiger partial charge in [-0.15, -0.1) is 0 Å². The maximum atomic E-state index is 11.7. The van der Waals surface area contributed by atoms with Crippen molar-refractivity contribution in [3.05, 3.63) is 23.8 Å². The number of phenolic OH excluding ortho intramolecular Hbond substituents is 1. The molecule has 1 aliphatic rings. The second-order valence-electron chi connectivity index (χ2n) is 4.96. The molecule has 0 saturated carbocycles. The van der Waals surface area contributed by atoms with Crippen LogP contribution in [0.4, 0.5) is 0 Å². The molecule has 23 heavy (non-hydrogen) atoms. The van der Waals surface area contributed by atoms with Gasteiger partial charge < -0.3 is 39.7 Å². The second kappa shape index (κ2) is 7.11. The van der Waals surface area contributed by atoms with Crippen LogP contribution in [-0.4, -0.2) is 75.9 Å². The van der Waals surface area contributed by atoms with Crippen molar-refractivity contribution in [2.45, 2.75) is 30.7 Å². The number of aliphatic hydroxyl groups excluding tert-OH is 4. The minimum atomic E-state index is -1.64. The lowest BCUT2D eigenvalue weighted by molar-refractivity contribution is -0.277. The van der Waals surface area contributed by atoms with E-state index in [4.69, 9.17) is 14.6 Å². The number of phenols is 1. The largest absolute Gasteiger partial charge is 0.507 e. The maximum absolute atomic E-state index is 11.7. The quantitative estimate of drug-likeness (QED) is 0.410. The predicted molar refractivity (Wildman–Crippen MR) is 73.8 cm³/mol. The standard InChI is InChI=1S/C14H18O9/c1-21-13(20)9-6(16)3-2-4-7(9)22-14-12(19)11(18)10(17)8(5-15)23-14/h2-4,8,10-12,14-19H,5H2,1H3. The summed E-state index contributed by atoms with van der Waals surface area (Å²) in [7, 11) is 1.12. The van der Waals surface area contributed by atoms with Crippen LogP contribution in [-0.2, 0) is 9.47 Å². The lowest BCUT2D eigenvalue weighted by Gasteiger charge is -2.39. The Morgan fingerprint density at radius 2 is 1.91 bits per heavy atom. The highest BCUT2D eigenvalue weighted by Gasteiger charge is 2.45. The highest BCUT2D eigenvalue weighted by atomic mass is 16.7. The van der Waals surface area contributed by atoms with Crippen LogP contribution in [0.2, 0.25) is 0 Å². The van der Waals surface area contributed by atoms with Crippen LogP contribution in [0.1, 0.15) is 10.4 Å². The minimum Gasteiger partial charge on any atom is -0.507 e. The van der Waals surface area contributed by atoms with Gasteiger partial charge in [0, 0.05) is 0 Å². The molecule has 1 heterocycles. The highest BCUT2D eigenvalue weighted by molar-refractivity contribution is 5.95. The number of carbonyl (C=O) groups is 1. The number of rotatable bonds is 4. The van der Waals surface area contributed by atoms with Crippen molar-refractivity contribution in [1.82, 2.24) is 0 Å². The third-order valence-corrected chi connectivity index (χ3v) is 3.49. The zero-order chi connectivity index (χ0) is 17.1. The summed E-state index contributed by atoms with van der Waals surface area (Å²) in [6, 6.07) is 3.96. The number of benzene rings is 1. The summed E-state index contributed by atoms with van der Waals surface area (Å²) in [4.78, 5) is 11.7. The molecular weight excluding hydrogens is 312 g/mol. The number of esters is 1. The van der Waals surface area contributed by atoms with Gasteiger partial charge in [0.2, 0.25) is 6.29 Å². The van der Waals surface area contributed by atoms with E-state index < -0.39 is 49.0 Å². The number of hydrogen-bond acceptors (Lipinski definition) is 9. The van der Waals surface area contributed by atoms with Gasteiger partial charge in [-0.05, 0) is 12.1 Å². The first-order valence-corrected chi connectivity index (χ1v) is 6.78. The van der Waals surface area contributed by atoms with Gasteiger partial charge in [0.15, 0.2) is 0 Å². The van der Waals surface area contributed by atoms with Crippen LogP contribution in [0.15, 0.2) is 18.2 Å². The van der Waals surface area contributed by atoms with E-state index in [1.54, 1.807) is 0 Å². The number of aromatic hydroxyl groups is 1. The molecule has 1 aliphatic heterocycles. The van der Waals surface area contributed by atoms with Crippen LogP contribution in [0, 0.1) is 0 Å². The number of hydrogen-bond donors (Lipinski definition) is 5. The Morgan fingerprint density at radius 3 is 2.52 bits per heavy atom. The van der Waals surface area contributed by atoms with Crippen molar-refractivity contribution in [2.24, 2.45) is 0 Å². The molecule has 9 heteroatoms. The molecule has 9 nitrogen and oxygen atoms in total. The summed E-state index contributed by atoms with van der Waals surface area (Å²) in [5.41, 5.74) is -0.285. The monoisotopic (exact) mass is 330 g/mol. The summed E-state index contributed by atoms with van der Waals surface area (Å²) in [6.45, 7) is -0.616. The van der Waals surface area contributed by atoms with E-state index in [1.165, 1.54) is 18.2 Å². The molecule has 5 unspecified atom stereocenters.